The first-order valence-electron chi connectivity index (χ1n) is 5.17. The highest BCUT2D eigenvalue weighted by atomic mass is 32.2. The summed E-state index contributed by atoms with van der Waals surface area (Å²) in [6.45, 7) is 4.20. The summed E-state index contributed by atoms with van der Waals surface area (Å²) in [6, 6.07) is 6.93. The van der Waals surface area contributed by atoms with Crippen LogP contribution in [0.3, 0.4) is 0 Å². The Morgan fingerprint density at radius 3 is 2.41 bits per heavy atom. The van der Waals surface area contributed by atoms with Gasteiger partial charge in [0.25, 0.3) is 0 Å². The molecule has 0 spiro atoms. The maximum atomic E-state index is 11.0. The van der Waals surface area contributed by atoms with Crippen LogP contribution in [0.15, 0.2) is 29.4 Å². The van der Waals surface area contributed by atoms with Crippen molar-refractivity contribution in [3.8, 4) is 0 Å². The van der Waals surface area contributed by atoms with Crippen LogP contribution in [-0.4, -0.2) is 27.0 Å². The first kappa shape index (κ1) is 13.5. The second-order valence-corrected chi connectivity index (χ2v) is 5.29. The highest BCUT2D eigenvalue weighted by Crippen LogP contribution is 2.11. The van der Waals surface area contributed by atoms with Gasteiger partial charge in [-0.05, 0) is 31.5 Å². The molecule has 6 heteroatoms. The van der Waals surface area contributed by atoms with Crippen LogP contribution in [-0.2, 0) is 14.9 Å². The highest BCUT2D eigenvalue weighted by molar-refractivity contribution is 7.92. The van der Waals surface area contributed by atoms with E-state index in [1.807, 2.05) is 13.8 Å². The fraction of sp³-hybridized carbons (Fsp3) is 0.364. The van der Waals surface area contributed by atoms with Gasteiger partial charge in [0.1, 0.15) is 6.61 Å². The fourth-order valence-electron chi connectivity index (χ4n) is 1.21. The molecule has 0 aliphatic rings. The summed E-state index contributed by atoms with van der Waals surface area (Å²) >= 11 is 0. The second kappa shape index (κ2) is 5.67. The molecule has 5 nitrogen and oxygen atoms in total. The molecule has 1 aromatic rings. The van der Waals surface area contributed by atoms with Gasteiger partial charge in [0.15, 0.2) is 0 Å². The largest absolute Gasteiger partial charge is 0.396 e. The molecular formula is C11H16N2O3S. The standard InChI is InChI=1S/C11H16N2O3S/c1-4-16-12-9(2)10-5-7-11(8-6-10)13-17(3,14)15/h5-8,13H,4H2,1-3H3. The SMILES string of the molecule is CCON=C(C)c1ccc(NS(C)(=O)=O)cc1. The van der Waals surface area contributed by atoms with Gasteiger partial charge in [0, 0.05) is 5.69 Å². The van der Waals surface area contributed by atoms with Crippen molar-refractivity contribution in [1.29, 1.82) is 0 Å². The summed E-state index contributed by atoms with van der Waals surface area (Å²) in [4.78, 5) is 4.94. The number of rotatable bonds is 5. The Labute approximate surface area is 102 Å². The third kappa shape index (κ3) is 4.86. The summed E-state index contributed by atoms with van der Waals surface area (Å²) in [5.41, 5.74) is 2.16. The number of sulfonamides is 1. The Balaban J connectivity index is 2.81. The zero-order valence-electron chi connectivity index (χ0n) is 10.1. The van der Waals surface area contributed by atoms with Gasteiger partial charge in [0.2, 0.25) is 10.0 Å². The second-order valence-electron chi connectivity index (χ2n) is 3.55. The molecule has 0 unspecified atom stereocenters. The van der Waals surface area contributed by atoms with Gasteiger partial charge < -0.3 is 4.84 Å². The lowest BCUT2D eigenvalue weighted by molar-refractivity contribution is 0.159. The Hall–Kier alpha value is -1.56. The van der Waals surface area contributed by atoms with Crippen LogP contribution in [0.2, 0.25) is 0 Å². The quantitative estimate of drug-likeness (QED) is 0.645. The van der Waals surface area contributed by atoms with Crippen molar-refractivity contribution < 1.29 is 13.3 Å². The van der Waals surface area contributed by atoms with E-state index in [-0.39, 0.29) is 0 Å². The van der Waals surface area contributed by atoms with Crippen LogP contribution >= 0.6 is 0 Å². The van der Waals surface area contributed by atoms with Crippen LogP contribution in [0.25, 0.3) is 0 Å². The number of benzene rings is 1. The molecule has 0 heterocycles. The number of oxime groups is 1. The number of nitrogens with one attached hydrogen (secondary N) is 1. The lowest BCUT2D eigenvalue weighted by Gasteiger charge is -2.05. The summed E-state index contributed by atoms with van der Waals surface area (Å²) in [5.74, 6) is 0. The van der Waals surface area contributed by atoms with E-state index in [1.165, 1.54) is 0 Å². The van der Waals surface area contributed by atoms with Crippen LogP contribution in [0.4, 0.5) is 5.69 Å². The molecule has 0 amide bonds. The smallest absolute Gasteiger partial charge is 0.229 e. The molecule has 0 radical (unpaired) electrons. The van der Waals surface area contributed by atoms with E-state index in [0.29, 0.717) is 12.3 Å². The monoisotopic (exact) mass is 256 g/mol. The third-order valence-electron chi connectivity index (χ3n) is 1.94. The number of hydrogen-bond donors (Lipinski definition) is 1. The zero-order chi connectivity index (χ0) is 12.9. The van der Waals surface area contributed by atoms with Crippen LogP contribution in [0.1, 0.15) is 19.4 Å². The van der Waals surface area contributed by atoms with Gasteiger partial charge in [-0.2, -0.15) is 0 Å². The van der Waals surface area contributed by atoms with Gasteiger partial charge >= 0.3 is 0 Å². The van der Waals surface area contributed by atoms with Gasteiger partial charge in [-0.25, -0.2) is 8.42 Å². The molecule has 0 bridgehead atoms. The van der Waals surface area contributed by atoms with Crippen molar-refractivity contribution in [2.75, 3.05) is 17.6 Å². The predicted molar refractivity (Wildman–Crippen MR) is 68.7 cm³/mol. The van der Waals surface area contributed by atoms with Gasteiger partial charge in [-0.3, -0.25) is 4.72 Å². The Morgan fingerprint density at radius 1 is 1.35 bits per heavy atom. The molecule has 1 N–H and O–H groups in total. The van der Waals surface area contributed by atoms with Crippen LogP contribution in [0, 0.1) is 0 Å². The van der Waals surface area contributed by atoms with Crippen molar-refractivity contribution in [3.63, 3.8) is 0 Å². The first-order chi connectivity index (χ1) is 7.92. The van der Waals surface area contributed by atoms with E-state index in [9.17, 15) is 8.42 Å². The summed E-state index contributed by atoms with van der Waals surface area (Å²) in [6.07, 6.45) is 1.11. The molecule has 1 rings (SSSR count). The molecule has 0 saturated carbocycles. The van der Waals surface area contributed by atoms with Crippen LogP contribution < -0.4 is 4.72 Å². The Morgan fingerprint density at radius 2 is 1.94 bits per heavy atom. The third-order valence-corrected chi connectivity index (χ3v) is 2.54. The van der Waals surface area contributed by atoms with E-state index < -0.39 is 10.0 Å². The van der Waals surface area contributed by atoms with E-state index in [0.717, 1.165) is 17.5 Å². The predicted octanol–water partition coefficient (Wildman–Crippen LogP) is 1.82. The molecule has 94 valence electrons. The lowest BCUT2D eigenvalue weighted by atomic mass is 10.1. The molecule has 0 aliphatic heterocycles. The van der Waals surface area contributed by atoms with Gasteiger partial charge in [-0.1, -0.05) is 17.3 Å². The van der Waals surface area contributed by atoms with Gasteiger partial charge in [-0.15, -0.1) is 0 Å². The van der Waals surface area contributed by atoms with Crippen LogP contribution in [0.5, 0.6) is 0 Å². The van der Waals surface area contributed by atoms with E-state index in [4.69, 9.17) is 4.84 Å². The number of hydrogen-bond acceptors (Lipinski definition) is 4. The summed E-state index contributed by atoms with van der Waals surface area (Å²) < 4.78 is 24.4. The number of anilines is 1. The maximum Gasteiger partial charge on any atom is 0.229 e. The Bertz CT molecular complexity index is 492. The van der Waals surface area contributed by atoms with Crippen molar-refractivity contribution in [2.24, 2.45) is 5.16 Å². The fourth-order valence-corrected chi connectivity index (χ4v) is 1.77. The summed E-state index contributed by atoms with van der Waals surface area (Å²) in [5, 5.41) is 3.90. The van der Waals surface area contributed by atoms with Crippen molar-refractivity contribution in [2.45, 2.75) is 13.8 Å². The zero-order valence-corrected chi connectivity index (χ0v) is 10.9. The van der Waals surface area contributed by atoms with Crippen molar-refractivity contribution in [1.82, 2.24) is 0 Å². The minimum Gasteiger partial charge on any atom is -0.396 e. The topological polar surface area (TPSA) is 67.8 Å². The average Bonchev–Trinajstić information content (AvgIpc) is 2.24. The van der Waals surface area contributed by atoms with Crippen molar-refractivity contribution in [3.05, 3.63) is 29.8 Å². The summed E-state index contributed by atoms with van der Waals surface area (Å²) in [7, 11) is -3.23. The molecule has 0 atom stereocenters. The van der Waals surface area contributed by atoms with E-state index in [1.54, 1.807) is 24.3 Å². The molecular weight excluding hydrogens is 240 g/mol. The molecule has 0 fully saturated rings. The van der Waals surface area contributed by atoms with Crippen molar-refractivity contribution >= 4 is 21.4 Å². The number of nitrogens with zero attached hydrogens (tertiary/aromatic N) is 1. The molecule has 1 aromatic carbocycles. The molecule has 0 aliphatic carbocycles. The molecule has 0 saturated heterocycles. The highest BCUT2D eigenvalue weighted by Gasteiger charge is 2.02. The lowest BCUT2D eigenvalue weighted by Crippen LogP contribution is -2.09. The molecule has 17 heavy (non-hydrogen) atoms. The Kier molecular flexibility index (Phi) is 4.51. The van der Waals surface area contributed by atoms with E-state index in [2.05, 4.69) is 9.88 Å². The maximum absolute atomic E-state index is 11.0. The first-order valence-corrected chi connectivity index (χ1v) is 7.06. The average molecular weight is 256 g/mol. The normalized spacial score (nSPS) is 12.3. The van der Waals surface area contributed by atoms with Gasteiger partial charge in [0.05, 0.1) is 12.0 Å². The molecule has 0 aromatic heterocycles. The minimum atomic E-state index is -3.23. The minimum absolute atomic E-state index is 0.519. The van der Waals surface area contributed by atoms with E-state index >= 15 is 0 Å².